The van der Waals surface area contributed by atoms with E-state index in [4.69, 9.17) is 0 Å². The van der Waals surface area contributed by atoms with Crippen LogP contribution in [-0.2, 0) is 6.54 Å². The number of nitrogens with one attached hydrogen (secondary N) is 2. The number of aryl methyl sites for hydroxylation is 2. The molecule has 0 bridgehead atoms. The van der Waals surface area contributed by atoms with Crippen LogP contribution >= 0.6 is 0 Å². The van der Waals surface area contributed by atoms with Crippen molar-refractivity contribution in [1.29, 1.82) is 0 Å². The number of amides is 2. The van der Waals surface area contributed by atoms with E-state index < -0.39 is 0 Å². The first-order valence-corrected chi connectivity index (χ1v) is 8.83. The summed E-state index contributed by atoms with van der Waals surface area (Å²) in [5.74, 6) is -0.301. The van der Waals surface area contributed by atoms with Crippen LogP contribution in [0.2, 0.25) is 0 Å². The molecule has 0 aliphatic heterocycles. The molecule has 27 heavy (non-hydrogen) atoms. The molecule has 3 rings (SSSR count). The quantitative estimate of drug-likeness (QED) is 0.706. The van der Waals surface area contributed by atoms with Gasteiger partial charge in [0.25, 0.3) is 11.8 Å². The van der Waals surface area contributed by atoms with Gasteiger partial charge in [-0.1, -0.05) is 47.5 Å². The number of hydrogen-bond acceptors (Lipinski definition) is 2. The zero-order valence-electron chi connectivity index (χ0n) is 15.5. The predicted molar refractivity (Wildman–Crippen MR) is 108 cm³/mol. The summed E-state index contributed by atoms with van der Waals surface area (Å²) in [6.07, 6.45) is 0. The highest BCUT2D eigenvalue weighted by Crippen LogP contribution is 2.12. The lowest BCUT2D eigenvalue weighted by Crippen LogP contribution is -2.23. The van der Waals surface area contributed by atoms with Crippen LogP contribution in [0.4, 0.5) is 5.69 Å². The number of benzene rings is 3. The Labute approximate surface area is 159 Å². The molecule has 4 heteroatoms. The van der Waals surface area contributed by atoms with Crippen molar-refractivity contribution in [2.45, 2.75) is 20.4 Å². The molecule has 4 nitrogen and oxygen atoms in total. The van der Waals surface area contributed by atoms with E-state index in [-0.39, 0.29) is 11.8 Å². The van der Waals surface area contributed by atoms with Crippen LogP contribution < -0.4 is 10.6 Å². The molecule has 0 radical (unpaired) electrons. The van der Waals surface area contributed by atoms with Crippen molar-refractivity contribution in [2.24, 2.45) is 0 Å². The minimum atomic E-state index is -0.177. The summed E-state index contributed by atoms with van der Waals surface area (Å²) in [4.78, 5) is 24.8. The lowest BCUT2D eigenvalue weighted by molar-refractivity contribution is 0.0950. The summed E-state index contributed by atoms with van der Waals surface area (Å²) in [7, 11) is 0. The average molecular weight is 358 g/mol. The minimum Gasteiger partial charge on any atom is -0.348 e. The van der Waals surface area contributed by atoms with Gasteiger partial charge in [-0.2, -0.15) is 0 Å². The minimum absolute atomic E-state index is 0.124. The molecule has 0 unspecified atom stereocenters. The van der Waals surface area contributed by atoms with E-state index in [9.17, 15) is 9.59 Å². The summed E-state index contributed by atoms with van der Waals surface area (Å²) in [5, 5.41) is 5.78. The third-order valence-corrected chi connectivity index (χ3v) is 4.16. The Bertz CT molecular complexity index is 945. The largest absolute Gasteiger partial charge is 0.348 e. The van der Waals surface area contributed by atoms with Gasteiger partial charge in [0.05, 0.1) is 0 Å². The van der Waals surface area contributed by atoms with E-state index in [1.807, 2.05) is 74.5 Å². The highest BCUT2D eigenvalue weighted by atomic mass is 16.2. The number of carbonyl (C=O) groups is 2. The fourth-order valence-electron chi connectivity index (χ4n) is 2.94. The fraction of sp³-hybridized carbons (Fsp3) is 0.130. The van der Waals surface area contributed by atoms with Crippen molar-refractivity contribution in [2.75, 3.05) is 5.32 Å². The van der Waals surface area contributed by atoms with Crippen molar-refractivity contribution in [3.8, 4) is 0 Å². The van der Waals surface area contributed by atoms with Gasteiger partial charge in [-0.3, -0.25) is 9.59 Å². The first kappa shape index (κ1) is 18.4. The fourth-order valence-corrected chi connectivity index (χ4v) is 2.94. The first-order chi connectivity index (χ1) is 13.0. The number of rotatable bonds is 5. The SMILES string of the molecule is Cc1cc(C)cc(C(=O)NCc2cccc(C(=O)Nc3ccccc3)c2)c1. The Balaban J connectivity index is 1.65. The second kappa shape index (κ2) is 8.32. The van der Waals surface area contributed by atoms with Crippen LogP contribution in [0.15, 0.2) is 72.8 Å². The monoisotopic (exact) mass is 358 g/mol. The van der Waals surface area contributed by atoms with E-state index in [1.165, 1.54) is 0 Å². The molecule has 0 aromatic heterocycles. The van der Waals surface area contributed by atoms with Crippen LogP contribution in [0.25, 0.3) is 0 Å². The molecule has 0 fully saturated rings. The molecule has 0 saturated heterocycles. The Kier molecular flexibility index (Phi) is 5.67. The summed E-state index contributed by atoms with van der Waals surface area (Å²) in [6, 6.07) is 22.3. The summed E-state index contributed by atoms with van der Waals surface area (Å²) in [6.45, 7) is 4.30. The van der Waals surface area contributed by atoms with E-state index in [1.54, 1.807) is 12.1 Å². The van der Waals surface area contributed by atoms with Crippen LogP contribution in [0.3, 0.4) is 0 Å². The highest BCUT2D eigenvalue weighted by molar-refractivity contribution is 6.04. The standard InChI is InChI=1S/C23H22N2O2/c1-16-11-17(2)13-20(12-16)22(26)24-15-18-7-6-8-19(14-18)23(27)25-21-9-4-3-5-10-21/h3-14H,15H2,1-2H3,(H,24,26)(H,25,27). The zero-order valence-corrected chi connectivity index (χ0v) is 15.5. The van der Waals surface area contributed by atoms with Crippen molar-refractivity contribution in [1.82, 2.24) is 5.32 Å². The van der Waals surface area contributed by atoms with Crippen molar-refractivity contribution in [3.05, 3.63) is 101 Å². The molecule has 0 aliphatic carbocycles. The van der Waals surface area contributed by atoms with E-state index in [0.29, 0.717) is 17.7 Å². The summed E-state index contributed by atoms with van der Waals surface area (Å²) < 4.78 is 0. The van der Waals surface area contributed by atoms with Gasteiger partial charge in [0, 0.05) is 23.4 Å². The van der Waals surface area contributed by atoms with Gasteiger partial charge in [-0.15, -0.1) is 0 Å². The molecule has 3 aromatic carbocycles. The molecular weight excluding hydrogens is 336 g/mol. The van der Waals surface area contributed by atoms with Crippen LogP contribution in [0, 0.1) is 13.8 Å². The molecule has 0 heterocycles. The molecule has 2 N–H and O–H groups in total. The topological polar surface area (TPSA) is 58.2 Å². The Morgan fingerprint density at radius 3 is 2.15 bits per heavy atom. The number of carbonyl (C=O) groups excluding carboxylic acids is 2. The van der Waals surface area contributed by atoms with E-state index in [0.717, 1.165) is 22.4 Å². The van der Waals surface area contributed by atoms with Crippen LogP contribution in [-0.4, -0.2) is 11.8 Å². The smallest absolute Gasteiger partial charge is 0.255 e. The maximum Gasteiger partial charge on any atom is 0.255 e. The maximum absolute atomic E-state index is 12.4. The molecule has 136 valence electrons. The lowest BCUT2D eigenvalue weighted by atomic mass is 10.1. The number of hydrogen-bond donors (Lipinski definition) is 2. The van der Waals surface area contributed by atoms with Crippen molar-refractivity contribution < 1.29 is 9.59 Å². The highest BCUT2D eigenvalue weighted by Gasteiger charge is 2.09. The second-order valence-corrected chi connectivity index (χ2v) is 6.58. The first-order valence-electron chi connectivity index (χ1n) is 8.83. The van der Waals surface area contributed by atoms with Crippen LogP contribution in [0.5, 0.6) is 0 Å². The second-order valence-electron chi connectivity index (χ2n) is 6.58. The molecular formula is C23H22N2O2. The van der Waals surface area contributed by atoms with Gasteiger partial charge >= 0.3 is 0 Å². The van der Waals surface area contributed by atoms with Gasteiger partial charge in [0.15, 0.2) is 0 Å². The lowest BCUT2D eigenvalue weighted by Gasteiger charge is -2.09. The summed E-state index contributed by atoms with van der Waals surface area (Å²) in [5.41, 5.74) is 4.92. The normalized spacial score (nSPS) is 10.3. The molecule has 0 spiro atoms. The summed E-state index contributed by atoms with van der Waals surface area (Å²) >= 11 is 0. The third-order valence-electron chi connectivity index (χ3n) is 4.16. The Morgan fingerprint density at radius 2 is 1.44 bits per heavy atom. The van der Waals surface area contributed by atoms with Crippen LogP contribution in [0.1, 0.15) is 37.4 Å². The van der Waals surface area contributed by atoms with Crippen molar-refractivity contribution >= 4 is 17.5 Å². The van der Waals surface area contributed by atoms with Gasteiger partial charge in [0.2, 0.25) is 0 Å². The molecule has 2 amide bonds. The van der Waals surface area contributed by atoms with Crippen molar-refractivity contribution in [3.63, 3.8) is 0 Å². The molecule has 0 aliphatic rings. The maximum atomic E-state index is 12.4. The molecule has 3 aromatic rings. The van der Waals surface area contributed by atoms with Gasteiger partial charge in [-0.25, -0.2) is 0 Å². The van der Waals surface area contributed by atoms with Gasteiger partial charge < -0.3 is 10.6 Å². The third kappa shape index (κ3) is 5.05. The average Bonchev–Trinajstić information content (AvgIpc) is 2.66. The van der Waals surface area contributed by atoms with E-state index in [2.05, 4.69) is 10.6 Å². The predicted octanol–water partition coefficient (Wildman–Crippen LogP) is 4.49. The Morgan fingerprint density at radius 1 is 0.741 bits per heavy atom. The Hall–Kier alpha value is -3.40. The molecule has 0 atom stereocenters. The molecule has 0 saturated carbocycles. The number of para-hydroxylation sites is 1. The van der Waals surface area contributed by atoms with Gasteiger partial charge in [-0.05, 0) is 55.8 Å². The van der Waals surface area contributed by atoms with E-state index >= 15 is 0 Å². The zero-order chi connectivity index (χ0) is 19.2. The number of anilines is 1. The van der Waals surface area contributed by atoms with Gasteiger partial charge in [0.1, 0.15) is 0 Å².